The van der Waals surface area contributed by atoms with Gasteiger partial charge in [-0.1, -0.05) is 4.49 Å². The van der Waals surface area contributed by atoms with Crippen LogP contribution in [-0.4, -0.2) is 38.9 Å². The Morgan fingerprint density at radius 2 is 2.12 bits per heavy atom. The van der Waals surface area contributed by atoms with E-state index in [9.17, 15) is 9.59 Å². The monoisotopic (exact) mass is 362 g/mol. The quantitative estimate of drug-likeness (QED) is 0.907. The van der Waals surface area contributed by atoms with E-state index in [4.69, 9.17) is 0 Å². The topological polar surface area (TPSA) is 75.2 Å². The predicted octanol–water partition coefficient (Wildman–Crippen LogP) is 2.78. The van der Waals surface area contributed by atoms with Gasteiger partial charge in [-0.15, -0.1) is 16.4 Å². The summed E-state index contributed by atoms with van der Waals surface area (Å²) in [5.74, 6) is 0.00880. The number of likely N-dealkylation sites (tertiary alicyclic amines) is 1. The maximum Gasteiger partial charge on any atom is 0.268 e. The van der Waals surface area contributed by atoms with Gasteiger partial charge in [-0.3, -0.25) is 9.59 Å². The summed E-state index contributed by atoms with van der Waals surface area (Å²) in [6.07, 6.45) is 4.07. The van der Waals surface area contributed by atoms with Crippen LogP contribution in [0.15, 0.2) is 12.1 Å². The van der Waals surface area contributed by atoms with Gasteiger partial charge in [-0.2, -0.15) is 0 Å². The molecule has 1 atom stereocenters. The van der Waals surface area contributed by atoms with Gasteiger partial charge in [-0.05, 0) is 56.3 Å². The van der Waals surface area contributed by atoms with E-state index in [0.717, 1.165) is 53.5 Å². The van der Waals surface area contributed by atoms with E-state index in [1.54, 1.807) is 0 Å². The highest BCUT2D eigenvalue weighted by molar-refractivity contribution is 7.14. The van der Waals surface area contributed by atoms with Crippen molar-refractivity contribution < 1.29 is 9.59 Å². The molecule has 0 aromatic carbocycles. The predicted molar refractivity (Wildman–Crippen MR) is 92.5 cm³/mol. The molecule has 2 aromatic rings. The van der Waals surface area contributed by atoms with Gasteiger partial charge in [0.25, 0.3) is 11.8 Å². The number of nitrogens with zero attached hydrogens (tertiary/aromatic N) is 3. The van der Waals surface area contributed by atoms with Crippen molar-refractivity contribution in [3.8, 4) is 0 Å². The molecule has 0 radical (unpaired) electrons. The Kier molecular flexibility index (Phi) is 4.09. The molecule has 6 nitrogen and oxygen atoms in total. The number of carbonyl (C=O) groups is 2. The first-order valence-electron chi connectivity index (χ1n) is 8.14. The van der Waals surface area contributed by atoms with Crippen molar-refractivity contribution in [1.82, 2.24) is 19.8 Å². The number of hydrogen-bond acceptors (Lipinski definition) is 6. The van der Waals surface area contributed by atoms with Gasteiger partial charge in [0.15, 0.2) is 0 Å². The molecule has 3 heterocycles. The van der Waals surface area contributed by atoms with E-state index in [2.05, 4.69) is 14.9 Å². The number of rotatable bonds is 4. The number of amides is 2. The van der Waals surface area contributed by atoms with Crippen LogP contribution in [0.5, 0.6) is 0 Å². The molecule has 1 saturated heterocycles. The van der Waals surface area contributed by atoms with Crippen LogP contribution in [0.25, 0.3) is 0 Å². The number of aryl methyl sites for hydroxylation is 1. The van der Waals surface area contributed by atoms with Crippen LogP contribution in [0, 0.1) is 6.92 Å². The Labute approximate surface area is 148 Å². The van der Waals surface area contributed by atoms with Crippen molar-refractivity contribution in [3.63, 3.8) is 0 Å². The van der Waals surface area contributed by atoms with Crippen LogP contribution in [-0.2, 0) is 0 Å². The van der Waals surface area contributed by atoms with Crippen LogP contribution in [0.2, 0.25) is 0 Å². The first-order chi connectivity index (χ1) is 11.6. The van der Waals surface area contributed by atoms with E-state index in [1.165, 1.54) is 11.3 Å². The van der Waals surface area contributed by atoms with Gasteiger partial charge in [0.2, 0.25) is 0 Å². The molecule has 1 aliphatic heterocycles. The third-order valence-electron chi connectivity index (χ3n) is 4.45. The summed E-state index contributed by atoms with van der Waals surface area (Å²) >= 11 is 2.65. The zero-order valence-electron chi connectivity index (χ0n) is 13.3. The first-order valence-corrected chi connectivity index (χ1v) is 9.73. The molecular formula is C16H18N4O2S2. The van der Waals surface area contributed by atoms with Gasteiger partial charge in [0.1, 0.15) is 4.88 Å². The smallest absolute Gasteiger partial charge is 0.268 e. The number of hydrogen-bond donors (Lipinski definition) is 1. The molecule has 126 valence electrons. The Balaban J connectivity index is 1.52. The fourth-order valence-electron chi connectivity index (χ4n) is 3.00. The van der Waals surface area contributed by atoms with Crippen molar-refractivity contribution in [2.75, 3.05) is 6.54 Å². The molecule has 8 heteroatoms. The highest BCUT2D eigenvalue weighted by Gasteiger charge is 2.34. The van der Waals surface area contributed by atoms with E-state index in [1.807, 2.05) is 24.0 Å². The summed E-state index contributed by atoms with van der Waals surface area (Å²) in [5.41, 5.74) is 0.686. The van der Waals surface area contributed by atoms with Crippen molar-refractivity contribution in [2.45, 2.75) is 44.7 Å². The molecule has 0 unspecified atom stereocenters. The van der Waals surface area contributed by atoms with Gasteiger partial charge in [-0.25, -0.2) is 0 Å². The molecule has 2 aliphatic rings. The standard InChI is InChI=1S/C16H18N4O2S2/c1-9-14(24-19-18-9)16(22)20-8-2-3-11(20)12-6-7-13(23-12)15(21)17-10-4-5-10/h6-7,10-11H,2-5,8H2,1H3,(H,17,21)/t11-/m1/s1. The Bertz CT molecular complexity index is 781. The maximum absolute atomic E-state index is 12.8. The number of carbonyl (C=O) groups excluding carboxylic acids is 2. The van der Waals surface area contributed by atoms with Crippen LogP contribution in [0.1, 0.15) is 61.6 Å². The third-order valence-corrected chi connectivity index (χ3v) is 6.45. The van der Waals surface area contributed by atoms with Crippen LogP contribution in [0.3, 0.4) is 0 Å². The van der Waals surface area contributed by atoms with Crippen LogP contribution < -0.4 is 5.32 Å². The minimum Gasteiger partial charge on any atom is -0.349 e. The zero-order chi connectivity index (χ0) is 16.7. The molecule has 1 N–H and O–H groups in total. The molecule has 2 aromatic heterocycles. The first kappa shape index (κ1) is 15.7. The average Bonchev–Trinajstić information content (AvgIpc) is 3.01. The minimum atomic E-state index is 0.00221. The highest BCUT2D eigenvalue weighted by atomic mass is 32.1. The Morgan fingerprint density at radius 3 is 2.83 bits per heavy atom. The molecule has 1 saturated carbocycles. The van der Waals surface area contributed by atoms with Gasteiger partial charge in [0, 0.05) is 17.5 Å². The molecule has 2 fully saturated rings. The number of thiophene rings is 1. The van der Waals surface area contributed by atoms with Crippen molar-refractivity contribution >= 4 is 34.7 Å². The molecule has 24 heavy (non-hydrogen) atoms. The lowest BCUT2D eigenvalue weighted by molar-refractivity contribution is 0.0741. The summed E-state index contributed by atoms with van der Waals surface area (Å²) < 4.78 is 3.87. The Morgan fingerprint density at radius 1 is 1.29 bits per heavy atom. The second kappa shape index (κ2) is 6.25. The molecular weight excluding hydrogens is 344 g/mol. The second-order valence-corrected chi connectivity index (χ2v) is 8.16. The van der Waals surface area contributed by atoms with Crippen LogP contribution >= 0.6 is 22.9 Å². The Hall–Kier alpha value is -1.80. The summed E-state index contributed by atoms with van der Waals surface area (Å²) in [5, 5.41) is 6.95. The largest absolute Gasteiger partial charge is 0.349 e. The summed E-state index contributed by atoms with van der Waals surface area (Å²) in [7, 11) is 0. The van der Waals surface area contributed by atoms with Crippen LogP contribution in [0.4, 0.5) is 0 Å². The van der Waals surface area contributed by atoms with Crippen molar-refractivity contribution in [1.29, 1.82) is 0 Å². The van der Waals surface area contributed by atoms with Gasteiger partial charge < -0.3 is 10.2 Å². The molecule has 4 rings (SSSR count). The SMILES string of the molecule is Cc1nnsc1C(=O)N1CCC[C@@H]1c1ccc(C(=O)NC2CC2)s1. The van der Waals surface area contributed by atoms with Crippen molar-refractivity contribution in [2.24, 2.45) is 0 Å². The number of nitrogens with one attached hydrogen (secondary N) is 1. The van der Waals surface area contributed by atoms with E-state index >= 15 is 0 Å². The second-order valence-electron chi connectivity index (χ2n) is 6.29. The van der Waals surface area contributed by atoms with E-state index < -0.39 is 0 Å². The number of aromatic nitrogens is 2. The minimum absolute atomic E-state index is 0.00221. The maximum atomic E-state index is 12.8. The summed E-state index contributed by atoms with van der Waals surface area (Å²) in [4.78, 5) is 29.3. The lowest BCUT2D eigenvalue weighted by Gasteiger charge is -2.23. The molecule has 1 aliphatic carbocycles. The summed E-state index contributed by atoms with van der Waals surface area (Å²) in [6.45, 7) is 2.55. The third kappa shape index (κ3) is 2.95. The fraction of sp³-hybridized carbons (Fsp3) is 0.500. The van der Waals surface area contributed by atoms with Gasteiger partial charge in [0.05, 0.1) is 16.6 Å². The molecule has 0 spiro atoms. The lowest BCUT2D eigenvalue weighted by Crippen LogP contribution is -2.30. The zero-order valence-corrected chi connectivity index (χ0v) is 15.0. The average molecular weight is 362 g/mol. The van der Waals surface area contributed by atoms with Crippen molar-refractivity contribution in [3.05, 3.63) is 32.5 Å². The lowest BCUT2D eigenvalue weighted by atomic mass is 10.2. The normalized spacial score (nSPS) is 20.4. The van der Waals surface area contributed by atoms with Gasteiger partial charge >= 0.3 is 0 Å². The fourth-order valence-corrected chi connectivity index (χ4v) is 4.67. The van der Waals surface area contributed by atoms with E-state index in [0.29, 0.717) is 16.6 Å². The summed E-state index contributed by atoms with van der Waals surface area (Å²) in [6, 6.07) is 4.26. The highest BCUT2D eigenvalue weighted by Crippen LogP contribution is 2.37. The van der Waals surface area contributed by atoms with E-state index in [-0.39, 0.29) is 17.9 Å². The molecule has 0 bridgehead atoms. The molecule has 2 amide bonds.